The Kier molecular flexibility index (Phi) is 5.30. The van der Waals surface area contributed by atoms with Crippen molar-refractivity contribution in [2.75, 3.05) is 21.3 Å². The number of carbonyl (C=O) groups is 1. The predicted molar refractivity (Wildman–Crippen MR) is 85.4 cm³/mol. The molecule has 0 aromatic heterocycles. The van der Waals surface area contributed by atoms with Crippen LogP contribution in [0, 0.1) is 0 Å². The standard InChI is InChI=1S/C17H19NO5/c1-21-13-8-7-11(9-15(13)23-3)10-18-17(20)12-5-4-6-14(22-2)16(12)19/h4-9,19H,10H2,1-3H3,(H,18,20). The van der Waals surface area contributed by atoms with Crippen LogP contribution in [0.4, 0.5) is 0 Å². The van der Waals surface area contributed by atoms with Gasteiger partial charge in [0.25, 0.3) is 5.91 Å². The monoisotopic (exact) mass is 317 g/mol. The molecular formula is C17H19NO5. The molecule has 0 saturated heterocycles. The molecule has 0 radical (unpaired) electrons. The number of hydrogen-bond acceptors (Lipinski definition) is 5. The summed E-state index contributed by atoms with van der Waals surface area (Å²) in [5.41, 5.74) is 1.00. The lowest BCUT2D eigenvalue weighted by atomic mass is 10.1. The molecule has 6 nitrogen and oxygen atoms in total. The van der Waals surface area contributed by atoms with Gasteiger partial charge in [0.1, 0.15) is 0 Å². The SMILES string of the molecule is COc1ccc(CNC(=O)c2cccc(OC)c2O)cc1OC. The smallest absolute Gasteiger partial charge is 0.255 e. The number of methoxy groups -OCH3 is 3. The second-order valence-electron chi connectivity index (χ2n) is 4.73. The Labute approximate surface area is 134 Å². The molecule has 2 aromatic carbocycles. The summed E-state index contributed by atoms with van der Waals surface area (Å²) in [6.07, 6.45) is 0. The zero-order valence-corrected chi connectivity index (χ0v) is 13.3. The van der Waals surface area contributed by atoms with Crippen LogP contribution in [0.2, 0.25) is 0 Å². The van der Waals surface area contributed by atoms with Crippen LogP contribution in [0.25, 0.3) is 0 Å². The molecule has 0 fully saturated rings. The molecule has 0 aliphatic heterocycles. The van der Waals surface area contributed by atoms with Crippen molar-refractivity contribution in [2.24, 2.45) is 0 Å². The molecule has 0 bridgehead atoms. The van der Waals surface area contributed by atoms with E-state index >= 15 is 0 Å². The fraction of sp³-hybridized carbons (Fsp3) is 0.235. The molecule has 0 aliphatic rings. The summed E-state index contributed by atoms with van der Waals surface area (Å²) < 4.78 is 15.4. The Hall–Kier alpha value is -2.89. The Bertz CT molecular complexity index is 699. The number of amides is 1. The number of ether oxygens (including phenoxy) is 3. The van der Waals surface area contributed by atoms with Gasteiger partial charge in [-0.1, -0.05) is 12.1 Å². The predicted octanol–water partition coefficient (Wildman–Crippen LogP) is 2.35. The summed E-state index contributed by atoms with van der Waals surface area (Å²) >= 11 is 0. The van der Waals surface area contributed by atoms with Gasteiger partial charge in [-0.3, -0.25) is 4.79 Å². The number of aromatic hydroxyl groups is 1. The van der Waals surface area contributed by atoms with E-state index in [1.165, 1.54) is 13.2 Å². The van der Waals surface area contributed by atoms with Crippen molar-refractivity contribution < 1.29 is 24.1 Å². The molecule has 0 heterocycles. The minimum absolute atomic E-state index is 0.157. The third-order valence-electron chi connectivity index (χ3n) is 3.36. The molecule has 6 heteroatoms. The van der Waals surface area contributed by atoms with Gasteiger partial charge in [-0.05, 0) is 29.8 Å². The topological polar surface area (TPSA) is 77.0 Å². The Morgan fingerprint density at radius 2 is 1.70 bits per heavy atom. The van der Waals surface area contributed by atoms with Crippen molar-refractivity contribution in [1.29, 1.82) is 0 Å². The first-order valence-corrected chi connectivity index (χ1v) is 6.95. The summed E-state index contributed by atoms with van der Waals surface area (Å²) in [5.74, 6) is 0.885. The molecule has 122 valence electrons. The summed E-state index contributed by atoms with van der Waals surface area (Å²) in [5, 5.41) is 12.7. The van der Waals surface area contributed by atoms with E-state index in [4.69, 9.17) is 14.2 Å². The zero-order valence-electron chi connectivity index (χ0n) is 13.3. The Morgan fingerprint density at radius 3 is 2.35 bits per heavy atom. The molecule has 23 heavy (non-hydrogen) atoms. The average Bonchev–Trinajstić information content (AvgIpc) is 2.59. The fourth-order valence-electron chi connectivity index (χ4n) is 2.14. The van der Waals surface area contributed by atoms with Crippen LogP contribution >= 0.6 is 0 Å². The van der Waals surface area contributed by atoms with Crippen LogP contribution in [-0.2, 0) is 6.54 Å². The zero-order chi connectivity index (χ0) is 16.8. The van der Waals surface area contributed by atoms with E-state index in [2.05, 4.69) is 5.32 Å². The molecule has 0 unspecified atom stereocenters. The number of phenolic OH excluding ortho intramolecular Hbond substituents is 1. The van der Waals surface area contributed by atoms with E-state index in [9.17, 15) is 9.90 Å². The van der Waals surface area contributed by atoms with Crippen molar-refractivity contribution in [3.05, 3.63) is 47.5 Å². The highest BCUT2D eigenvalue weighted by molar-refractivity contribution is 5.97. The highest BCUT2D eigenvalue weighted by atomic mass is 16.5. The quantitative estimate of drug-likeness (QED) is 0.855. The first kappa shape index (κ1) is 16.5. The van der Waals surface area contributed by atoms with Gasteiger partial charge in [0.05, 0.1) is 26.9 Å². The number of rotatable bonds is 6. The number of phenols is 1. The fourth-order valence-corrected chi connectivity index (χ4v) is 2.14. The molecule has 2 aromatic rings. The van der Waals surface area contributed by atoms with Gasteiger partial charge in [-0.25, -0.2) is 0 Å². The Balaban J connectivity index is 2.10. The summed E-state index contributed by atoms with van der Waals surface area (Å²) in [7, 11) is 4.54. The molecule has 0 saturated carbocycles. The first-order chi connectivity index (χ1) is 11.1. The molecule has 0 atom stereocenters. The van der Waals surface area contributed by atoms with Crippen LogP contribution in [0.15, 0.2) is 36.4 Å². The van der Waals surface area contributed by atoms with E-state index in [1.807, 2.05) is 6.07 Å². The van der Waals surface area contributed by atoms with E-state index in [1.54, 1.807) is 38.5 Å². The second kappa shape index (κ2) is 7.40. The highest BCUT2D eigenvalue weighted by Gasteiger charge is 2.14. The third kappa shape index (κ3) is 3.66. The third-order valence-corrected chi connectivity index (χ3v) is 3.36. The van der Waals surface area contributed by atoms with E-state index < -0.39 is 5.91 Å². The molecule has 1 amide bonds. The molecule has 2 N–H and O–H groups in total. The van der Waals surface area contributed by atoms with Crippen LogP contribution < -0.4 is 19.5 Å². The minimum atomic E-state index is -0.392. The van der Waals surface area contributed by atoms with Gasteiger partial charge in [-0.2, -0.15) is 0 Å². The molecular weight excluding hydrogens is 298 g/mol. The van der Waals surface area contributed by atoms with E-state index in [-0.39, 0.29) is 23.6 Å². The number of nitrogens with one attached hydrogen (secondary N) is 1. The van der Waals surface area contributed by atoms with Gasteiger partial charge in [0.2, 0.25) is 0 Å². The number of benzene rings is 2. The van der Waals surface area contributed by atoms with Crippen LogP contribution in [-0.4, -0.2) is 32.3 Å². The van der Waals surface area contributed by atoms with Crippen molar-refractivity contribution in [3.63, 3.8) is 0 Å². The summed E-state index contributed by atoms with van der Waals surface area (Å²) in [6.45, 7) is 0.288. The lowest BCUT2D eigenvalue weighted by Crippen LogP contribution is -2.23. The maximum absolute atomic E-state index is 12.2. The average molecular weight is 317 g/mol. The Morgan fingerprint density at radius 1 is 1.00 bits per heavy atom. The first-order valence-electron chi connectivity index (χ1n) is 6.95. The van der Waals surface area contributed by atoms with Gasteiger partial charge in [-0.15, -0.1) is 0 Å². The van der Waals surface area contributed by atoms with Crippen molar-refractivity contribution in [2.45, 2.75) is 6.54 Å². The van der Waals surface area contributed by atoms with Gasteiger partial charge in [0.15, 0.2) is 23.0 Å². The molecule has 0 spiro atoms. The number of hydrogen-bond donors (Lipinski definition) is 2. The van der Waals surface area contributed by atoms with E-state index in [0.717, 1.165) is 5.56 Å². The van der Waals surface area contributed by atoms with Crippen LogP contribution in [0.3, 0.4) is 0 Å². The summed E-state index contributed by atoms with van der Waals surface area (Å²) in [4.78, 5) is 12.2. The van der Waals surface area contributed by atoms with Crippen molar-refractivity contribution in [3.8, 4) is 23.0 Å². The van der Waals surface area contributed by atoms with Crippen molar-refractivity contribution in [1.82, 2.24) is 5.32 Å². The lowest BCUT2D eigenvalue weighted by Gasteiger charge is -2.11. The van der Waals surface area contributed by atoms with Gasteiger partial charge in [0, 0.05) is 6.54 Å². The number of para-hydroxylation sites is 1. The molecule has 0 aliphatic carbocycles. The summed E-state index contributed by atoms with van der Waals surface area (Å²) in [6, 6.07) is 10.1. The highest BCUT2D eigenvalue weighted by Crippen LogP contribution is 2.30. The maximum atomic E-state index is 12.2. The number of carbonyl (C=O) groups excluding carboxylic acids is 1. The van der Waals surface area contributed by atoms with E-state index in [0.29, 0.717) is 11.5 Å². The normalized spacial score (nSPS) is 10.0. The second-order valence-corrected chi connectivity index (χ2v) is 4.73. The van der Waals surface area contributed by atoms with Crippen molar-refractivity contribution >= 4 is 5.91 Å². The van der Waals surface area contributed by atoms with Crippen LogP contribution in [0.1, 0.15) is 15.9 Å². The van der Waals surface area contributed by atoms with Gasteiger partial charge >= 0.3 is 0 Å². The minimum Gasteiger partial charge on any atom is -0.504 e. The largest absolute Gasteiger partial charge is 0.504 e. The van der Waals surface area contributed by atoms with Gasteiger partial charge < -0.3 is 24.6 Å². The molecule has 2 rings (SSSR count). The maximum Gasteiger partial charge on any atom is 0.255 e. The lowest BCUT2D eigenvalue weighted by molar-refractivity contribution is 0.0947. The van der Waals surface area contributed by atoms with Crippen LogP contribution in [0.5, 0.6) is 23.0 Å².